The van der Waals surface area contributed by atoms with Gasteiger partial charge < -0.3 is 10.0 Å². The number of rotatable bonds is 5. The third-order valence-corrected chi connectivity index (χ3v) is 5.39. The van der Waals surface area contributed by atoms with Crippen molar-refractivity contribution in [3.63, 3.8) is 0 Å². The Bertz CT molecular complexity index is 697. The SMILES string of the molecule is CC1CC1CN(C)Cc1c(C(=O)O)sc2cccc(F)c12. The molecule has 112 valence electrons. The molecule has 1 aromatic carbocycles. The summed E-state index contributed by atoms with van der Waals surface area (Å²) in [4.78, 5) is 13.8. The standard InChI is InChI=1S/C16H18FNO2S/c1-9-6-10(9)7-18(2)8-11-14-12(17)4-3-5-13(14)21-15(11)16(19)20/h3-5,9-10H,6-8H2,1-2H3,(H,19,20). The highest BCUT2D eigenvalue weighted by Gasteiger charge is 2.33. The Labute approximate surface area is 127 Å². The van der Waals surface area contributed by atoms with E-state index in [0.29, 0.717) is 28.1 Å². The fourth-order valence-electron chi connectivity index (χ4n) is 2.88. The van der Waals surface area contributed by atoms with Gasteiger partial charge in [-0.15, -0.1) is 11.3 Å². The van der Waals surface area contributed by atoms with Crippen molar-refractivity contribution in [1.29, 1.82) is 0 Å². The maximum absolute atomic E-state index is 14.1. The highest BCUT2D eigenvalue weighted by molar-refractivity contribution is 7.21. The van der Waals surface area contributed by atoms with Gasteiger partial charge in [-0.25, -0.2) is 9.18 Å². The third kappa shape index (κ3) is 2.80. The summed E-state index contributed by atoms with van der Waals surface area (Å²) in [6.07, 6.45) is 1.23. The zero-order chi connectivity index (χ0) is 15.1. The summed E-state index contributed by atoms with van der Waals surface area (Å²) < 4.78 is 14.8. The van der Waals surface area contributed by atoms with E-state index in [1.165, 1.54) is 12.5 Å². The monoisotopic (exact) mass is 307 g/mol. The van der Waals surface area contributed by atoms with Crippen LogP contribution < -0.4 is 0 Å². The van der Waals surface area contributed by atoms with E-state index < -0.39 is 5.97 Å². The highest BCUT2D eigenvalue weighted by Crippen LogP contribution is 2.39. The van der Waals surface area contributed by atoms with Crippen molar-refractivity contribution < 1.29 is 14.3 Å². The van der Waals surface area contributed by atoms with E-state index in [2.05, 4.69) is 11.8 Å². The first kappa shape index (κ1) is 14.5. The minimum atomic E-state index is -0.973. The summed E-state index contributed by atoms with van der Waals surface area (Å²) in [6, 6.07) is 4.80. The van der Waals surface area contributed by atoms with Crippen LogP contribution in [0, 0.1) is 17.7 Å². The molecule has 2 atom stereocenters. The number of nitrogens with zero attached hydrogens (tertiary/aromatic N) is 1. The van der Waals surface area contributed by atoms with Crippen molar-refractivity contribution in [2.45, 2.75) is 19.9 Å². The van der Waals surface area contributed by atoms with Gasteiger partial charge in [-0.3, -0.25) is 0 Å². The minimum Gasteiger partial charge on any atom is -0.477 e. The summed E-state index contributed by atoms with van der Waals surface area (Å²) in [5, 5.41) is 9.84. The molecule has 1 N–H and O–H groups in total. The largest absolute Gasteiger partial charge is 0.477 e. The van der Waals surface area contributed by atoms with Crippen LogP contribution in [-0.2, 0) is 6.54 Å². The second-order valence-electron chi connectivity index (χ2n) is 6.00. The van der Waals surface area contributed by atoms with E-state index in [1.54, 1.807) is 12.1 Å². The second-order valence-corrected chi connectivity index (χ2v) is 7.05. The lowest BCUT2D eigenvalue weighted by Crippen LogP contribution is -2.22. The van der Waals surface area contributed by atoms with Crippen molar-refractivity contribution in [3.05, 3.63) is 34.5 Å². The van der Waals surface area contributed by atoms with Crippen LogP contribution in [0.2, 0.25) is 0 Å². The van der Waals surface area contributed by atoms with E-state index in [0.717, 1.165) is 23.8 Å². The van der Waals surface area contributed by atoms with E-state index >= 15 is 0 Å². The Morgan fingerprint density at radius 1 is 1.52 bits per heavy atom. The lowest BCUT2D eigenvalue weighted by molar-refractivity contribution is 0.0700. The number of carboxylic acid groups (broad SMARTS) is 1. The molecule has 0 amide bonds. The molecule has 2 aromatic rings. The molecule has 1 saturated carbocycles. The van der Waals surface area contributed by atoms with Gasteiger partial charge in [-0.05, 0) is 37.4 Å². The van der Waals surface area contributed by atoms with Gasteiger partial charge in [-0.2, -0.15) is 0 Å². The summed E-state index contributed by atoms with van der Waals surface area (Å²) in [5.74, 6) is 0.138. The molecule has 0 radical (unpaired) electrons. The number of hydrogen-bond acceptors (Lipinski definition) is 3. The molecule has 1 heterocycles. The molecule has 3 rings (SSSR count). The quantitative estimate of drug-likeness (QED) is 0.912. The van der Waals surface area contributed by atoms with Crippen LogP contribution in [0.15, 0.2) is 18.2 Å². The van der Waals surface area contributed by atoms with Crippen molar-refractivity contribution >= 4 is 27.4 Å². The van der Waals surface area contributed by atoms with Crippen LogP contribution in [0.4, 0.5) is 4.39 Å². The molecule has 0 aliphatic heterocycles. The minimum absolute atomic E-state index is 0.255. The fourth-order valence-corrected chi connectivity index (χ4v) is 3.95. The maximum atomic E-state index is 14.1. The molecule has 5 heteroatoms. The molecular weight excluding hydrogens is 289 g/mol. The van der Waals surface area contributed by atoms with E-state index in [1.807, 2.05) is 7.05 Å². The molecule has 21 heavy (non-hydrogen) atoms. The summed E-state index contributed by atoms with van der Waals surface area (Å²) >= 11 is 1.16. The van der Waals surface area contributed by atoms with Crippen LogP contribution in [-0.4, -0.2) is 29.6 Å². The first-order chi connectivity index (χ1) is 9.97. The van der Waals surface area contributed by atoms with Gasteiger partial charge in [0.25, 0.3) is 0 Å². The van der Waals surface area contributed by atoms with Gasteiger partial charge in [0.2, 0.25) is 0 Å². The molecule has 1 fully saturated rings. The van der Waals surface area contributed by atoms with Gasteiger partial charge in [0.1, 0.15) is 10.7 Å². The summed E-state index contributed by atoms with van der Waals surface area (Å²) in [7, 11) is 1.97. The Balaban J connectivity index is 1.95. The Hall–Kier alpha value is -1.46. The highest BCUT2D eigenvalue weighted by atomic mass is 32.1. The summed E-state index contributed by atoms with van der Waals surface area (Å²) in [5.41, 5.74) is 0.608. The molecule has 3 nitrogen and oxygen atoms in total. The van der Waals surface area contributed by atoms with Gasteiger partial charge in [0.15, 0.2) is 0 Å². The van der Waals surface area contributed by atoms with Crippen molar-refractivity contribution in [1.82, 2.24) is 4.90 Å². The number of carboxylic acids is 1. The number of halogens is 1. The first-order valence-corrected chi connectivity index (χ1v) is 7.90. The van der Waals surface area contributed by atoms with Crippen molar-refractivity contribution in [2.75, 3.05) is 13.6 Å². The number of hydrogen-bond donors (Lipinski definition) is 1. The van der Waals surface area contributed by atoms with Crippen molar-refractivity contribution in [2.24, 2.45) is 11.8 Å². The van der Waals surface area contributed by atoms with Crippen LogP contribution in [0.1, 0.15) is 28.6 Å². The van der Waals surface area contributed by atoms with E-state index in [9.17, 15) is 14.3 Å². The van der Waals surface area contributed by atoms with Crippen molar-refractivity contribution in [3.8, 4) is 0 Å². The zero-order valence-corrected chi connectivity index (χ0v) is 12.9. The average molecular weight is 307 g/mol. The smallest absolute Gasteiger partial charge is 0.346 e. The molecule has 1 aliphatic carbocycles. The lowest BCUT2D eigenvalue weighted by Gasteiger charge is -2.17. The van der Waals surface area contributed by atoms with Gasteiger partial charge in [-0.1, -0.05) is 13.0 Å². The number of fused-ring (bicyclic) bond motifs is 1. The fraction of sp³-hybridized carbons (Fsp3) is 0.438. The van der Waals surface area contributed by atoms with E-state index in [-0.39, 0.29) is 10.7 Å². The van der Waals surface area contributed by atoms with Crippen LogP contribution in [0.5, 0.6) is 0 Å². The lowest BCUT2D eigenvalue weighted by atomic mass is 10.1. The average Bonchev–Trinajstić information content (AvgIpc) is 2.96. The Kier molecular flexibility index (Phi) is 3.71. The molecule has 0 saturated heterocycles. The van der Waals surface area contributed by atoms with Crippen LogP contribution >= 0.6 is 11.3 Å². The Morgan fingerprint density at radius 2 is 2.24 bits per heavy atom. The molecule has 1 aliphatic rings. The molecular formula is C16H18FNO2S. The molecule has 1 aromatic heterocycles. The maximum Gasteiger partial charge on any atom is 0.346 e. The second kappa shape index (κ2) is 5.39. The normalized spacial score (nSPS) is 21.1. The van der Waals surface area contributed by atoms with Gasteiger partial charge >= 0.3 is 5.97 Å². The predicted molar refractivity (Wildman–Crippen MR) is 82.3 cm³/mol. The van der Waals surface area contributed by atoms with E-state index in [4.69, 9.17) is 0 Å². The summed E-state index contributed by atoms with van der Waals surface area (Å²) in [6.45, 7) is 3.64. The number of carbonyl (C=O) groups is 1. The Morgan fingerprint density at radius 3 is 2.86 bits per heavy atom. The van der Waals surface area contributed by atoms with Gasteiger partial charge in [0.05, 0.1) is 0 Å². The topological polar surface area (TPSA) is 40.5 Å². The predicted octanol–water partition coefficient (Wildman–Crippen LogP) is 3.83. The van der Waals surface area contributed by atoms with Crippen LogP contribution in [0.25, 0.3) is 10.1 Å². The third-order valence-electron chi connectivity index (χ3n) is 4.21. The van der Waals surface area contributed by atoms with Gasteiger partial charge in [0, 0.05) is 28.7 Å². The number of aromatic carboxylic acids is 1. The van der Waals surface area contributed by atoms with Crippen LogP contribution in [0.3, 0.4) is 0 Å². The first-order valence-electron chi connectivity index (χ1n) is 7.09. The molecule has 0 bridgehead atoms. The number of benzene rings is 1. The zero-order valence-electron chi connectivity index (χ0n) is 12.1. The number of thiophene rings is 1. The molecule has 2 unspecified atom stereocenters. The molecule has 0 spiro atoms.